The van der Waals surface area contributed by atoms with Crippen LogP contribution in [0.3, 0.4) is 0 Å². The van der Waals surface area contributed by atoms with Gasteiger partial charge in [-0.25, -0.2) is 4.98 Å². The second-order valence-electron chi connectivity index (χ2n) is 6.95. The number of pyridine rings is 1. The molecular formula is C18H25N3O2. The highest BCUT2D eigenvalue weighted by Gasteiger charge is 2.30. The highest BCUT2D eigenvalue weighted by Crippen LogP contribution is 2.22. The maximum Gasteiger partial charge on any atom is 0.255 e. The van der Waals surface area contributed by atoms with E-state index in [-0.39, 0.29) is 11.9 Å². The molecular weight excluding hydrogens is 290 g/mol. The Morgan fingerprint density at radius 1 is 1.35 bits per heavy atom. The summed E-state index contributed by atoms with van der Waals surface area (Å²) in [7, 11) is 0. The van der Waals surface area contributed by atoms with E-state index in [4.69, 9.17) is 4.74 Å². The molecule has 1 aliphatic rings. The van der Waals surface area contributed by atoms with Gasteiger partial charge in [0.15, 0.2) is 0 Å². The lowest BCUT2D eigenvalue weighted by atomic mass is 9.90. The summed E-state index contributed by atoms with van der Waals surface area (Å²) in [6.07, 6.45) is 2.78. The fourth-order valence-corrected chi connectivity index (χ4v) is 3.21. The maximum atomic E-state index is 12.8. The van der Waals surface area contributed by atoms with Gasteiger partial charge in [0.2, 0.25) is 0 Å². The van der Waals surface area contributed by atoms with Crippen LogP contribution in [0.5, 0.6) is 0 Å². The number of rotatable bonds is 5. The Labute approximate surface area is 137 Å². The second-order valence-corrected chi connectivity index (χ2v) is 6.95. The summed E-state index contributed by atoms with van der Waals surface area (Å²) in [5, 5.41) is 3.22. The van der Waals surface area contributed by atoms with Gasteiger partial charge in [0.05, 0.1) is 18.8 Å². The molecule has 0 saturated carbocycles. The molecule has 0 bridgehead atoms. The minimum atomic E-state index is -0.0434. The lowest BCUT2D eigenvalue weighted by Crippen LogP contribution is -2.49. The zero-order chi connectivity index (χ0) is 16.6. The van der Waals surface area contributed by atoms with E-state index >= 15 is 0 Å². The Kier molecular flexibility index (Phi) is 4.39. The van der Waals surface area contributed by atoms with Crippen LogP contribution in [0.25, 0.3) is 5.65 Å². The molecule has 2 aromatic heterocycles. The number of fused-ring (bicyclic) bond motifs is 1. The quantitative estimate of drug-likeness (QED) is 0.923. The number of nitrogens with zero attached hydrogens (tertiary/aromatic N) is 2. The number of carbonyl (C=O) groups is 1. The lowest BCUT2D eigenvalue weighted by Gasteiger charge is -2.35. The molecule has 1 aliphatic heterocycles. The van der Waals surface area contributed by atoms with Crippen molar-refractivity contribution >= 4 is 11.6 Å². The van der Waals surface area contributed by atoms with Gasteiger partial charge < -0.3 is 14.5 Å². The van der Waals surface area contributed by atoms with Crippen LogP contribution in [0.4, 0.5) is 0 Å². The van der Waals surface area contributed by atoms with Crippen molar-refractivity contribution in [2.75, 3.05) is 13.2 Å². The summed E-state index contributed by atoms with van der Waals surface area (Å²) in [6, 6.07) is 4.00. The maximum absolute atomic E-state index is 12.8. The van der Waals surface area contributed by atoms with E-state index in [9.17, 15) is 4.79 Å². The molecule has 1 atom stereocenters. The Hall–Kier alpha value is -1.88. The summed E-state index contributed by atoms with van der Waals surface area (Å²) >= 11 is 0. The topological polar surface area (TPSA) is 55.6 Å². The molecule has 124 valence electrons. The highest BCUT2D eigenvalue weighted by atomic mass is 16.5. The number of amides is 1. The van der Waals surface area contributed by atoms with Crippen molar-refractivity contribution in [2.45, 2.75) is 40.2 Å². The zero-order valence-corrected chi connectivity index (χ0v) is 14.3. The molecule has 0 spiro atoms. The molecule has 3 rings (SSSR count). The van der Waals surface area contributed by atoms with Crippen molar-refractivity contribution in [1.29, 1.82) is 0 Å². The van der Waals surface area contributed by atoms with Gasteiger partial charge in [-0.15, -0.1) is 0 Å². The summed E-state index contributed by atoms with van der Waals surface area (Å²) in [5.41, 5.74) is 3.49. The number of hydrogen-bond acceptors (Lipinski definition) is 3. The Morgan fingerprint density at radius 2 is 2.09 bits per heavy atom. The molecule has 0 radical (unpaired) electrons. The molecule has 1 saturated heterocycles. The average molecular weight is 315 g/mol. The monoisotopic (exact) mass is 315 g/mol. The third-order valence-electron chi connectivity index (χ3n) is 4.54. The van der Waals surface area contributed by atoms with Gasteiger partial charge in [-0.3, -0.25) is 4.79 Å². The van der Waals surface area contributed by atoms with Crippen LogP contribution in [-0.4, -0.2) is 34.5 Å². The Balaban J connectivity index is 1.86. The first kappa shape index (κ1) is 16.0. The molecule has 5 nitrogen and oxygen atoms in total. The zero-order valence-electron chi connectivity index (χ0n) is 14.3. The fraction of sp³-hybridized carbons (Fsp3) is 0.556. The van der Waals surface area contributed by atoms with E-state index in [1.54, 1.807) is 0 Å². The van der Waals surface area contributed by atoms with Gasteiger partial charge in [0.25, 0.3) is 5.91 Å². The van der Waals surface area contributed by atoms with Crippen LogP contribution in [0, 0.1) is 25.7 Å². The van der Waals surface area contributed by atoms with Crippen molar-refractivity contribution in [2.24, 2.45) is 11.8 Å². The third kappa shape index (κ3) is 3.11. The van der Waals surface area contributed by atoms with Gasteiger partial charge in [0, 0.05) is 29.5 Å². The van der Waals surface area contributed by atoms with Gasteiger partial charge in [-0.1, -0.05) is 13.8 Å². The van der Waals surface area contributed by atoms with E-state index in [1.807, 2.05) is 36.6 Å². The first-order valence-electron chi connectivity index (χ1n) is 8.29. The largest absolute Gasteiger partial charge is 0.381 e. The standard InChI is InChI=1S/C18H25N3O2/c1-11(2)7-16(14-9-23-10-14)20-18(22)15-6-5-12(3)21-13(4)8-19-17(15)21/h5-6,8,11,14,16H,7,9-10H2,1-4H3,(H,20,22)/t16-/m1/s1. The van der Waals surface area contributed by atoms with E-state index in [0.29, 0.717) is 17.4 Å². The molecule has 3 heterocycles. The first-order valence-corrected chi connectivity index (χ1v) is 8.29. The normalized spacial score (nSPS) is 16.6. The van der Waals surface area contributed by atoms with Crippen molar-refractivity contribution in [3.05, 3.63) is 35.3 Å². The van der Waals surface area contributed by atoms with Crippen molar-refractivity contribution in [1.82, 2.24) is 14.7 Å². The van der Waals surface area contributed by atoms with Crippen molar-refractivity contribution in [3.63, 3.8) is 0 Å². The van der Waals surface area contributed by atoms with E-state index in [0.717, 1.165) is 36.7 Å². The first-order chi connectivity index (χ1) is 11.0. The van der Waals surface area contributed by atoms with Crippen molar-refractivity contribution < 1.29 is 9.53 Å². The van der Waals surface area contributed by atoms with Crippen LogP contribution < -0.4 is 5.32 Å². The van der Waals surface area contributed by atoms with Crippen LogP contribution >= 0.6 is 0 Å². The van der Waals surface area contributed by atoms with Crippen LogP contribution in [0.2, 0.25) is 0 Å². The summed E-state index contributed by atoms with van der Waals surface area (Å²) in [5.74, 6) is 0.912. The fourth-order valence-electron chi connectivity index (χ4n) is 3.21. The van der Waals surface area contributed by atoms with Gasteiger partial charge in [0.1, 0.15) is 5.65 Å². The van der Waals surface area contributed by atoms with E-state index in [2.05, 4.69) is 24.1 Å². The Bertz CT molecular complexity index is 716. The minimum Gasteiger partial charge on any atom is -0.381 e. The molecule has 1 N–H and O–H groups in total. The third-order valence-corrected chi connectivity index (χ3v) is 4.54. The molecule has 23 heavy (non-hydrogen) atoms. The van der Waals surface area contributed by atoms with E-state index < -0.39 is 0 Å². The predicted molar refractivity (Wildman–Crippen MR) is 89.7 cm³/mol. The van der Waals surface area contributed by atoms with Crippen molar-refractivity contribution in [3.8, 4) is 0 Å². The summed E-state index contributed by atoms with van der Waals surface area (Å²) in [6.45, 7) is 9.87. The van der Waals surface area contributed by atoms with Crippen LogP contribution in [0.1, 0.15) is 42.0 Å². The van der Waals surface area contributed by atoms with Crippen LogP contribution in [0.15, 0.2) is 18.3 Å². The predicted octanol–water partition coefficient (Wildman–Crippen LogP) is 2.74. The summed E-state index contributed by atoms with van der Waals surface area (Å²) in [4.78, 5) is 17.2. The van der Waals surface area contributed by atoms with Gasteiger partial charge in [-0.2, -0.15) is 0 Å². The molecule has 1 amide bonds. The van der Waals surface area contributed by atoms with Crippen LogP contribution in [-0.2, 0) is 4.74 Å². The number of imidazole rings is 1. The number of aryl methyl sites for hydroxylation is 2. The molecule has 5 heteroatoms. The Morgan fingerprint density at radius 3 is 2.70 bits per heavy atom. The average Bonchev–Trinajstić information content (AvgIpc) is 2.79. The number of ether oxygens (including phenoxy) is 1. The SMILES string of the molecule is Cc1ccc(C(=O)N[C@H](CC(C)C)C2COC2)c2ncc(C)n12. The smallest absolute Gasteiger partial charge is 0.255 e. The number of hydrogen-bond donors (Lipinski definition) is 1. The second kappa shape index (κ2) is 6.32. The number of carbonyl (C=O) groups excluding carboxylic acids is 1. The number of aromatic nitrogens is 2. The lowest BCUT2D eigenvalue weighted by molar-refractivity contribution is -0.0510. The minimum absolute atomic E-state index is 0.0434. The van der Waals surface area contributed by atoms with E-state index in [1.165, 1.54) is 0 Å². The molecule has 0 aromatic carbocycles. The molecule has 0 aliphatic carbocycles. The van der Waals surface area contributed by atoms with Gasteiger partial charge >= 0.3 is 0 Å². The molecule has 2 aromatic rings. The molecule has 1 fully saturated rings. The molecule has 0 unspecified atom stereocenters. The summed E-state index contributed by atoms with van der Waals surface area (Å²) < 4.78 is 7.33. The number of nitrogens with one attached hydrogen (secondary N) is 1. The van der Waals surface area contributed by atoms with Gasteiger partial charge in [-0.05, 0) is 38.3 Å². The highest BCUT2D eigenvalue weighted by molar-refractivity contribution is 6.00.